The summed E-state index contributed by atoms with van der Waals surface area (Å²) in [5.41, 5.74) is 6.52. The summed E-state index contributed by atoms with van der Waals surface area (Å²) in [6, 6.07) is 6.97. The summed E-state index contributed by atoms with van der Waals surface area (Å²) < 4.78 is 25.3. The van der Waals surface area contributed by atoms with Gasteiger partial charge in [0.1, 0.15) is 5.82 Å². The van der Waals surface area contributed by atoms with E-state index >= 15 is 0 Å². The maximum atomic E-state index is 12.0. The number of sulfone groups is 1. The highest BCUT2D eigenvalue weighted by molar-refractivity contribution is 7.91. The zero-order valence-electron chi connectivity index (χ0n) is 12.0. The number of aromatic nitrogens is 2. The summed E-state index contributed by atoms with van der Waals surface area (Å²) in [7, 11) is -3.52. The van der Waals surface area contributed by atoms with Crippen LogP contribution in [0.15, 0.2) is 29.2 Å². The molecular formula is C13H17ClN4O2S. The molecule has 2 rings (SSSR count). The van der Waals surface area contributed by atoms with E-state index in [9.17, 15) is 8.42 Å². The van der Waals surface area contributed by atoms with Gasteiger partial charge in [0.2, 0.25) is 0 Å². The number of rotatable bonds is 4. The van der Waals surface area contributed by atoms with Gasteiger partial charge in [-0.3, -0.25) is 0 Å². The summed E-state index contributed by atoms with van der Waals surface area (Å²) in [5.74, 6) is 0.263. The number of para-hydroxylation sites is 1. The topological polar surface area (TPSA) is 90.0 Å². The quantitative estimate of drug-likeness (QED) is 0.899. The van der Waals surface area contributed by atoms with Crippen LogP contribution in [0.3, 0.4) is 0 Å². The highest BCUT2D eigenvalue weighted by atomic mass is 35.5. The lowest BCUT2D eigenvalue weighted by molar-refractivity contribution is 0.602. The van der Waals surface area contributed by atoms with Crippen LogP contribution >= 0.6 is 11.6 Å². The first kappa shape index (κ1) is 15.7. The molecule has 0 aliphatic carbocycles. The molecule has 6 nitrogen and oxygen atoms in total. The number of benzene rings is 1. The van der Waals surface area contributed by atoms with Gasteiger partial charge in [-0.1, -0.05) is 23.7 Å². The minimum Gasteiger partial charge on any atom is -0.382 e. The molecule has 0 bridgehead atoms. The van der Waals surface area contributed by atoms with Gasteiger partial charge in [-0.25, -0.2) is 13.1 Å². The maximum Gasteiger partial charge on any atom is 0.182 e. The van der Waals surface area contributed by atoms with Gasteiger partial charge >= 0.3 is 0 Å². The molecule has 0 aliphatic rings. The van der Waals surface area contributed by atoms with Crippen molar-refractivity contribution in [2.45, 2.75) is 24.8 Å². The van der Waals surface area contributed by atoms with Crippen molar-refractivity contribution in [3.05, 3.63) is 29.3 Å². The molecule has 0 amide bonds. The lowest BCUT2D eigenvalue weighted by Gasteiger charge is -2.07. The maximum absolute atomic E-state index is 12.0. The third-order valence-corrected chi connectivity index (χ3v) is 4.22. The molecular weight excluding hydrogens is 312 g/mol. The molecule has 0 spiro atoms. The van der Waals surface area contributed by atoms with Crippen LogP contribution in [0.2, 0.25) is 5.02 Å². The molecule has 0 radical (unpaired) electrons. The fourth-order valence-corrected chi connectivity index (χ4v) is 3.09. The molecule has 114 valence electrons. The number of nitrogen functional groups attached to an aromatic ring is 1. The van der Waals surface area contributed by atoms with Crippen molar-refractivity contribution in [3.63, 3.8) is 0 Å². The van der Waals surface area contributed by atoms with E-state index in [0.29, 0.717) is 10.7 Å². The van der Waals surface area contributed by atoms with Gasteiger partial charge < -0.3 is 11.1 Å². The van der Waals surface area contributed by atoms with Crippen LogP contribution in [-0.4, -0.2) is 30.5 Å². The van der Waals surface area contributed by atoms with Crippen molar-refractivity contribution in [3.8, 4) is 5.69 Å². The van der Waals surface area contributed by atoms with Crippen molar-refractivity contribution < 1.29 is 8.42 Å². The Hall–Kier alpha value is -1.73. The first-order valence-corrected chi connectivity index (χ1v) is 8.58. The van der Waals surface area contributed by atoms with Gasteiger partial charge in [0.15, 0.2) is 20.6 Å². The number of nitrogens with zero attached hydrogens (tertiary/aromatic N) is 2. The Morgan fingerprint density at radius 2 is 1.95 bits per heavy atom. The molecule has 1 aromatic carbocycles. The molecule has 0 aliphatic heterocycles. The summed E-state index contributed by atoms with van der Waals surface area (Å²) in [6.45, 7) is 3.77. The van der Waals surface area contributed by atoms with Crippen molar-refractivity contribution in [2.24, 2.45) is 0 Å². The molecule has 0 saturated heterocycles. The second-order valence-electron chi connectivity index (χ2n) is 5.00. The third-order valence-electron chi connectivity index (χ3n) is 2.75. The number of hydrogen-bond acceptors (Lipinski definition) is 5. The number of nitrogens with two attached hydrogens (primary N) is 1. The zero-order valence-corrected chi connectivity index (χ0v) is 13.5. The highest BCUT2D eigenvalue weighted by Crippen LogP contribution is 2.32. The monoisotopic (exact) mass is 328 g/mol. The van der Waals surface area contributed by atoms with Crippen molar-refractivity contribution in [2.75, 3.05) is 17.3 Å². The Bertz CT molecular complexity index is 768. The van der Waals surface area contributed by atoms with Crippen molar-refractivity contribution in [1.29, 1.82) is 0 Å². The predicted octanol–water partition coefficient (Wildman–Crippen LogP) is 2.33. The first-order chi connectivity index (χ1) is 9.71. The molecule has 1 aromatic heterocycles. The molecule has 0 fully saturated rings. The van der Waals surface area contributed by atoms with E-state index in [0.717, 1.165) is 6.26 Å². The second-order valence-corrected chi connectivity index (χ2v) is 7.36. The summed E-state index contributed by atoms with van der Waals surface area (Å²) in [5, 5.41) is 7.69. The molecule has 21 heavy (non-hydrogen) atoms. The predicted molar refractivity (Wildman–Crippen MR) is 84.9 cm³/mol. The van der Waals surface area contributed by atoms with Crippen LogP contribution in [0, 0.1) is 0 Å². The molecule has 8 heteroatoms. The Kier molecular flexibility index (Phi) is 4.15. The number of hydrogen-bond donors (Lipinski definition) is 2. The van der Waals surface area contributed by atoms with Crippen LogP contribution in [0.1, 0.15) is 13.8 Å². The van der Waals surface area contributed by atoms with E-state index in [4.69, 9.17) is 17.3 Å². The molecule has 3 N–H and O–H groups in total. The van der Waals surface area contributed by atoms with Crippen molar-refractivity contribution in [1.82, 2.24) is 9.78 Å². The smallest absolute Gasteiger partial charge is 0.182 e. The fraction of sp³-hybridized carbons (Fsp3) is 0.308. The van der Waals surface area contributed by atoms with Crippen LogP contribution in [-0.2, 0) is 9.84 Å². The van der Waals surface area contributed by atoms with E-state index in [1.54, 1.807) is 24.3 Å². The summed E-state index contributed by atoms with van der Waals surface area (Å²) in [6.07, 6.45) is 1.10. The minimum atomic E-state index is -3.52. The summed E-state index contributed by atoms with van der Waals surface area (Å²) in [4.78, 5) is -0.0175. The number of anilines is 2. The molecule has 0 saturated carbocycles. The third kappa shape index (κ3) is 3.14. The van der Waals surface area contributed by atoms with E-state index in [2.05, 4.69) is 10.4 Å². The van der Waals surface area contributed by atoms with Crippen LogP contribution < -0.4 is 11.1 Å². The van der Waals surface area contributed by atoms with E-state index < -0.39 is 9.84 Å². The zero-order chi connectivity index (χ0) is 15.8. The summed E-state index contributed by atoms with van der Waals surface area (Å²) >= 11 is 6.13. The normalized spacial score (nSPS) is 11.9. The SMILES string of the molecule is CC(C)Nc1nn(-c2ccccc2Cl)c(N)c1S(C)(=O)=O. The van der Waals surface area contributed by atoms with Gasteiger partial charge in [-0.2, -0.15) is 0 Å². The molecule has 0 unspecified atom stereocenters. The number of nitrogens with one attached hydrogen (secondary N) is 1. The highest BCUT2D eigenvalue weighted by Gasteiger charge is 2.25. The fourth-order valence-electron chi connectivity index (χ4n) is 1.96. The van der Waals surface area contributed by atoms with Gasteiger partial charge in [0, 0.05) is 12.3 Å². The molecule has 2 aromatic rings. The van der Waals surface area contributed by atoms with Crippen LogP contribution in [0.5, 0.6) is 0 Å². The average Bonchev–Trinajstić information content (AvgIpc) is 2.65. The van der Waals surface area contributed by atoms with Crippen LogP contribution in [0.25, 0.3) is 5.69 Å². The van der Waals surface area contributed by atoms with Gasteiger partial charge in [-0.05, 0) is 26.0 Å². The van der Waals surface area contributed by atoms with Gasteiger partial charge in [0.05, 0.1) is 10.7 Å². The minimum absolute atomic E-state index is 0.0134. The lowest BCUT2D eigenvalue weighted by Crippen LogP contribution is -2.13. The Morgan fingerprint density at radius 1 is 1.33 bits per heavy atom. The van der Waals surface area contributed by atoms with E-state index in [-0.39, 0.29) is 22.6 Å². The van der Waals surface area contributed by atoms with E-state index in [1.807, 2.05) is 13.8 Å². The molecule has 0 atom stereocenters. The van der Waals surface area contributed by atoms with Crippen LogP contribution in [0.4, 0.5) is 11.6 Å². The molecule has 1 heterocycles. The van der Waals surface area contributed by atoms with Crippen molar-refractivity contribution >= 4 is 33.1 Å². The van der Waals surface area contributed by atoms with Gasteiger partial charge in [-0.15, -0.1) is 5.10 Å². The van der Waals surface area contributed by atoms with E-state index in [1.165, 1.54) is 4.68 Å². The lowest BCUT2D eigenvalue weighted by atomic mass is 10.3. The first-order valence-electron chi connectivity index (χ1n) is 6.31. The average molecular weight is 329 g/mol. The Morgan fingerprint density at radius 3 is 2.48 bits per heavy atom. The largest absolute Gasteiger partial charge is 0.382 e. The second kappa shape index (κ2) is 5.57. The standard InChI is InChI=1S/C13H17ClN4O2S/c1-8(2)16-13-11(21(3,19)20)12(15)18(17-13)10-7-5-4-6-9(10)14/h4-8H,15H2,1-3H3,(H,16,17). The Balaban J connectivity index is 2.71. The number of halogens is 1. The Labute approximate surface area is 128 Å². The van der Waals surface area contributed by atoms with Gasteiger partial charge in [0.25, 0.3) is 0 Å².